The molecule has 56 heavy (non-hydrogen) atoms. The molecular weight excluding hydrogens is 679 g/mol. The summed E-state index contributed by atoms with van der Waals surface area (Å²) in [5, 5.41) is 7.91. The SMILES string of the molecule is c1ccc2c(c1)C1C3CC4CC(C3)CC1(Cc1cc(-n3c5ccccc5c5ccccc53)cc3c5cc(-n6c7ccccc7c7ccccc76)ccc5n-2c13)C4. The van der Waals surface area contributed by atoms with Crippen LogP contribution in [-0.4, -0.2) is 13.7 Å². The molecule has 3 heteroatoms. The van der Waals surface area contributed by atoms with Crippen LogP contribution in [0.5, 0.6) is 0 Å². The normalized spacial score (nSPS) is 23.7. The lowest BCUT2D eigenvalue weighted by molar-refractivity contribution is -0.0753. The third-order valence-corrected chi connectivity index (χ3v) is 15.1. The molecule has 0 N–H and O–H groups in total. The molecule has 0 radical (unpaired) electrons. The van der Waals surface area contributed by atoms with Crippen molar-refractivity contribution in [2.24, 2.45) is 23.2 Å². The maximum atomic E-state index is 2.69. The highest BCUT2D eigenvalue weighted by Gasteiger charge is 2.58. The van der Waals surface area contributed by atoms with Crippen molar-refractivity contribution in [2.75, 3.05) is 0 Å². The molecule has 0 saturated heterocycles. The predicted molar refractivity (Wildman–Crippen MR) is 232 cm³/mol. The molecule has 4 bridgehead atoms. The molecule has 10 aromatic rings. The molecule has 4 heterocycles. The summed E-state index contributed by atoms with van der Waals surface area (Å²) in [4.78, 5) is 0. The van der Waals surface area contributed by atoms with E-state index in [2.05, 4.69) is 165 Å². The molecule has 3 aromatic heterocycles. The van der Waals surface area contributed by atoms with Gasteiger partial charge in [0, 0.05) is 49.4 Å². The van der Waals surface area contributed by atoms with E-state index >= 15 is 0 Å². The van der Waals surface area contributed by atoms with Gasteiger partial charge in [0.1, 0.15) is 0 Å². The lowest BCUT2D eigenvalue weighted by Crippen LogP contribution is -2.52. The van der Waals surface area contributed by atoms with Gasteiger partial charge in [-0.3, -0.25) is 0 Å². The molecule has 7 aromatic carbocycles. The molecule has 4 saturated carbocycles. The van der Waals surface area contributed by atoms with E-state index in [9.17, 15) is 0 Å². The third kappa shape index (κ3) is 3.79. The van der Waals surface area contributed by atoms with Crippen molar-refractivity contribution >= 4 is 65.4 Å². The fourth-order valence-corrected chi connectivity index (χ4v) is 13.6. The van der Waals surface area contributed by atoms with E-state index in [4.69, 9.17) is 0 Å². The lowest BCUT2D eigenvalue weighted by Gasteiger charge is -2.62. The van der Waals surface area contributed by atoms with E-state index in [1.807, 2.05) is 0 Å². The largest absolute Gasteiger partial charge is 0.309 e. The Morgan fingerprint density at radius 3 is 1.57 bits per heavy atom. The Morgan fingerprint density at radius 2 is 0.946 bits per heavy atom. The van der Waals surface area contributed by atoms with Gasteiger partial charge in [0.15, 0.2) is 0 Å². The van der Waals surface area contributed by atoms with Crippen LogP contribution in [0.25, 0.3) is 82.5 Å². The van der Waals surface area contributed by atoms with E-state index in [-0.39, 0.29) is 0 Å². The second-order valence-corrected chi connectivity index (χ2v) is 18.0. The minimum atomic E-state index is 0.299. The van der Waals surface area contributed by atoms with E-state index in [0.29, 0.717) is 11.3 Å². The number of rotatable bonds is 2. The fourth-order valence-electron chi connectivity index (χ4n) is 13.6. The molecule has 0 amide bonds. The summed E-state index contributed by atoms with van der Waals surface area (Å²) < 4.78 is 7.74. The van der Waals surface area contributed by atoms with Crippen LogP contribution in [0.3, 0.4) is 0 Å². The highest BCUT2D eigenvalue weighted by Crippen LogP contribution is 2.68. The topological polar surface area (TPSA) is 14.8 Å². The third-order valence-electron chi connectivity index (χ3n) is 15.1. The van der Waals surface area contributed by atoms with Gasteiger partial charge in [0.05, 0.1) is 33.1 Å². The summed E-state index contributed by atoms with van der Waals surface area (Å²) in [6.45, 7) is 0. The van der Waals surface area contributed by atoms with Crippen molar-refractivity contribution < 1.29 is 0 Å². The number of hydrogen-bond acceptors (Lipinski definition) is 0. The Kier molecular flexibility index (Phi) is 5.72. The first-order chi connectivity index (χ1) is 27.7. The summed E-state index contributed by atoms with van der Waals surface area (Å²) in [6.07, 6.45) is 8.17. The zero-order chi connectivity index (χ0) is 36.3. The summed E-state index contributed by atoms with van der Waals surface area (Å²) in [5.41, 5.74) is 15.1. The van der Waals surface area contributed by atoms with Gasteiger partial charge in [-0.05, 0) is 139 Å². The van der Waals surface area contributed by atoms with Crippen molar-refractivity contribution in [3.63, 3.8) is 0 Å². The van der Waals surface area contributed by atoms with Crippen LogP contribution in [0, 0.1) is 23.2 Å². The molecule has 268 valence electrons. The molecule has 3 unspecified atom stereocenters. The maximum Gasteiger partial charge on any atom is 0.0574 e. The van der Waals surface area contributed by atoms with Crippen LogP contribution in [0.15, 0.2) is 152 Å². The minimum absolute atomic E-state index is 0.299. The number of hydrogen-bond donors (Lipinski definition) is 0. The first-order valence-electron chi connectivity index (χ1n) is 20.9. The van der Waals surface area contributed by atoms with Crippen molar-refractivity contribution in [2.45, 2.75) is 44.4 Å². The van der Waals surface area contributed by atoms with Crippen LogP contribution in [-0.2, 0) is 6.42 Å². The number of nitrogens with zero attached hydrogens (tertiary/aromatic N) is 3. The first kappa shape index (κ1) is 30.2. The summed E-state index contributed by atoms with van der Waals surface area (Å²) in [5.74, 6) is 3.14. The minimum Gasteiger partial charge on any atom is -0.309 e. The van der Waals surface area contributed by atoms with Crippen molar-refractivity contribution in [3.8, 4) is 17.1 Å². The number of aromatic nitrogens is 3. The van der Waals surface area contributed by atoms with E-state index in [1.54, 1.807) is 5.56 Å². The summed E-state index contributed by atoms with van der Waals surface area (Å²) in [7, 11) is 0. The Labute approximate surface area is 325 Å². The molecule has 5 aliphatic rings. The van der Waals surface area contributed by atoms with Gasteiger partial charge in [0.2, 0.25) is 0 Å². The van der Waals surface area contributed by atoms with Crippen LogP contribution in [0.4, 0.5) is 0 Å². The lowest BCUT2D eigenvalue weighted by atomic mass is 9.42. The molecule has 15 rings (SSSR count). The van der Waals surface area contributed by atoms with Crippen LogP contribution >= 0.6 is 0 Å². The van der Waals surface area contributed by atoms with Gasteiger partial charge in [-0.15, -0.1) is 0 Å². The average Bonchev–Trinajstić information content (AvgIpc) is 3.86. The summed E-state index contributed by atoms with van der Waals surface area (Å²) >= 11 is 0. The molecule has 4 aliphatic carbocycles. The summed E-state index contributed by atoms with van der Waals surface area (Å²) in [6, 6.07) is 57.9. The zero-order valence-electron chi connectivity index (χ0n) is 31.3. The Bertz CT molecular complexity index is 3190. The van der Waals surface area contributed by atoms with Gasteiger partial charge in [-0.2, -0.15) is 0 Å². The molecule has 1 aliphatic heterocycles. The van der Waals surface area contributed by atoms with Gasteiger partial charge in [-0.25, -0.2) is 0 Å². The molecule has 4 fully saturated rings. The highest BCUT2D eigenvalue weighted by atomic mass is 15.0. The van der Waals surface area contributed by atoms with Crippen molar-refractivity contribution in [3.05, 3.63) is 163 Å². The first-order valence-corrected chi connectivity index (χ1v) is 20.9. The average molecular weight is 720 g/mol. The molecular formula is C53H41N3. The van der Waals surface area contributed by atoms with Crippen molar-refractivity contribution in [1.82, 2.24) is 13.7 Å². The zero-order valence-corrected chi connectivity index (χ0v) is 31.3. The van der Waals surface area contributed by atoms with Gasteiger partial charge < -0.3 is 13.7 Å². The second kappa shape index (κ2) is 10.6. The monoisotopic (exact) mass is 719 g/mol. The Hall–Kier alpha value is -6.06. The highest BCUT2D eigenvalue weighted by molar-refractivity contribution is 6.14. The van der Waals surface area contributed by atoms with E-state index < -0.39 is 0 Å². The molecule has 3 nitrogen and oxygen atoms in total. The maximum absolute atomic E-state index is 2.69. The molecule has 3 atom stereocenters. The van der Waals surface area contributed by atoms with Crippen molar-refractivity contribution in [1.29, 1.82) is 0 Å². The van der Waals surface area contributed by atoms with Gasteiger partial charge in [0.25, 0.3) is 0 Å². The standard InChI is InChI=1S/C53H41N3/c1-6-16-45-38(11-1)39-12-2-7-17-46(39)54(45)36-21-22-50-43(27-36)44-28-37(55-47-18-8-3-13-40(47)41-14-4-9-19-48(41)55)26-35-31-53-29-32-23-33(30-53)25-34(24-32)51(53)42-15-5-10-20-49(42)56(50)52(35)44/h1-22,26-28,32-34,51H,23-25,29-31H2. The number of para-hydroxylation sites is 5. The van der Waals surface area contributed by atoms with Gasteiger partial charge >= 0.3 is 0 Å². The van der Waals surface area contributed by atoms with Crippen LogP contribution < -0.4 is 0 Å². The quantitative estimate of drug-likeness (QED) is 0.169. The Morgan fingerprint density at radius 1 is 0.429 bits per heavy atom. The predicted octanol–water partition coefficient (Wildman–Crippen LogP) is 13.4. The second-order valence-electron chi connectivity index (χ2n) is 18.0. The Balaban J connectivity index is 1.13. The number of benzene rings is 7. The van der Waals surface area contributed by atoms with Crippen LogP contribution in [0.2, 0.25) is 0 Å². The smallest absolute Gasteiger partial charge is 0.0574 e. The van der Waals surface area contributed by atoms with Gasteiger partial charge in [-0.1, -0.05) is 91.0 Å². The molecule has 1 spiro atoms. The van der Waals surface area contributed by atoms with E-state index in [0.717, 1.165) is 24.2 Å². The van der Waals surface area contributed by atoms with Crippen LogP contribution in [0.1, 0.15) is 49.1 Å². The fraction of sp³-hybridized carbons (Fsp3) is 0.208. The number of fused-ring (bicyclic) bond motifs is 11. The van der Waals surface area contributed by atoms with E-state index in [1.165, 1.54) is 120 Å².